The number of hydrogen-bond acceptors (Lipinski definition) is 3. The summed E-state index contributed by atoms with van der Waals surface area (Å²) in [6.07, 6.45) is 0. The summed E-state index contributed by atoms with van der Waals surface area (Å²) in [6.45, 7) is 0.956. The van der Waals surface area contributed by atoms with Crippen molar-refractivity contribution in [1.29, 1.82) is 5.41 Å². The maximum Gasteiger partial charge on any atom is 0.251 e. The van der Waals surface area contributed by atoms with Gasteiger partial charge in [-0.25, -0.2) is 0 Å². The van der Waals surface area contributed by atoms with Crippen molar-refractivity contribution >= 4 is 29.0 Å². The number of anilines is 1. The number of hydrogen-bond donors (Lipinski definition) is 4. The molecule has 0 saturated carbocycles. The molecule has 0 aliphatic rings. The van der Waals surface area contributed by atoms with E-state index in [1.165, 1.54) is 0 Å². The third-order valence-corrected chi connectivity index (χ3v) is 4.51. The van der Waals surface area contributed by atoms with Crippen molar-refractivity contribution in [2.45, 2.75) is 13.1 Å². The van der Waals surface area contributed by atoms with Gasteiger partial charge in [-0.05, 0) is 35.4 Å². The number of halogens is 1. The highest BCUT2D eigenvalue weighted by atomic mass is 35.5. The normalized spacial score (nSPS) is 10.3. The second-order valence-corrected chi connectivity index (χ2v) is 6.75. The van der Waals surface area contributed by atoms with Gasteiger partial charge in [-0.3, -0.25) is 10.2 Å². The summed E-state index contributed by atoms with van der Waals surface area (Å²) in [4.78, 5) is 12.4. The minimum Gasteiger partial charge on any atom is -0.384 e. The van der Waals surface area contributed by atoms with Gasteiger partial charge in [-0.15, -0.1) is 0 Å². The summed E-state index contributed by atoms with van der Waals surface area (Å²) in [7, 11) is 0. The molecule has 3 rings (SSSR count). The predicted octanol–water partition coefficient (Wildman–Crippen LogP) is 4.17. The molecule has 0 aliphatic carbocycles. The zero-order chi connectivity index (χ0) is 19.9. The lowest BCUT2D eigenvalue weighted by Crippen LogP contribution is -2.23. The molecule has 3 aromatic carbocycles. The quantitative estimate of drug-likeness (QED) is 0.359. The molecule has 0 unspecified atom stereocenters. The number of amides is 1. The lowest BCUT2D eigenvalue weighted by molar-refractivity contribution is 0.0951. The third-order valence-electron chi connectivity index (χ3n) is 4.27. The molecule has 0 aromatic heterocycles. The summed E-state index contributed by atoms with van der Waals surface area (Å²) < 4.78 is 0. The van der Waals surface area contributed by atoms with Crippen LogP contribution in [0.4, 0.5) is 5.69 Å². The first kappa shape index (κ1) is 19.5. The van der Waals surface area contributed by atoms with Crippen molar-refractivity contribution in [2.75, 3.05) is 5.32 Å². The van der Waals surface area contributed by atoms with E-state index in [4.69, 9.17) is 22.7 Å². The van der Waals surface area contributed by atoms with E-state index in [2.05, 4.69) is 10.6 Å². The molecular weight excluding hydrogens is 372 g/mol. The summed E-state index contributed by atoms with van der Waals surface area (Å²) in [6, 6.07) is 22.3. The van der Waals surface area contributed by atoms with Crippen LogP contribution in [-0.2, 0) is 13.1 Å². The monoisotopic (exact) mass is 392 g/mol. The molecule has 0 bridgehead atoms. The Bertz CT molecular complexity index is 989. The van der Waals surface area contributed by atoms with Crippen LogP contribution in [0.2, 0.25) is 5.02 Å². The zero-order valence-corrected chi connectivity index (χ0v) is 16.0. The number of nitrogen functional groups attached to an aromatic ring is 1. The van der Waals surface area contributed by atoms with Gasteiger partial charge in [-0.1, -0.05) is 60.1 Å². The van der Waals surface area contributed by atoms with E-state index in [1.807, 2.05) is 42.5 Å². The molecule has 0 atom stereocenters. The number of amidine groups is 1. The smallest absolute Gasteiger partial charge is 0.251 e. The Balaban J connectivity index is 1.75. The topological polar surface area (TPSA) is 91.0 Å². The second-order valence-electron chi connectivity index (χ2n) is 6.32. The second kappa shape index (κ2) is 9.06. The first-order chi connectivity index (χ1) is 13.5. The van der Waals surface area contributed by atoms with Crippen molar-refractivity contribution < 1.29 is 4.79 Å². The SMILES string of the molecule is N=C(N)c1ccc(CNC(=O)c2cccc(Cl)c2)c(NCc2ccccc2)c1. The van der Waals surface area contributed by atoms with Crippen molar-refractivity contribution in [3.8, 4) is 0 Å². The van der Waals surface area contributed by atoms with Gasteiger partial charge in [-0.2, -0.15) is 0 Å². The molecule has 0 radical (unpaired) electrons. The largest absolute Gasteiger partial charge is 0.384 e. The molecule has 5 N–H and O–H groups in total. The molecule has 0 spiro atoms. The molecule has 0 aliphatic heterocycles. The van der Waals surface area contributed by atoms with Crippen molar-refractivity contribution in [3.63, 3.8) is 0 Å². The number of nitrogens with one attached hydrogen (secondary N) is 3. The number of benzene rings is 3. The van der Waals surface area contributed by atoms with Gasteiger partial charge >= 0.3 is 0 Å². The maximum atomic E-state index is 12.4. The predicted molar refractivity (Wildman–Crippen MR) is 114 cm³/mol. The van der Waals surface area contributed by atoms with Crippen LogP contribution in [0, 0.1) is 5.41 Å². The van der Waals surface area contributed by atoms with Crippen LogP contribution in [0.25, 0.3) is 0 Å². The van der Waals surface area contributed by atoms with Crippen LogP contribution < -0.4 is 16.4 Å². The Kier molecular flexibility index (Phi) is 6.29. The molecular formula is C22H21ClN4O. The van der Waals surface area contributed by atoms with E-state index in [0.717, 1.165) is 16.8 Å². The number of nitrogens with two attached hydrogens (primary N) is 1. The average Bonchev–Trinajstić information content (AvgIpc) is 2.71. The van der Waals surface area contributed by atoms with Gasteiger partial charge in [0.25, 0.3) is 5.91 Å². The van der Waals surface area contributed by atoms with Crippen LogP contribution in [0.1, 0.15) is 27.0 Å². The lowest BCUT2D eigenvalue weighted by Gasteiger charge is -2.15. The average molecular weight is 393 g/mol. The Labute approximate surface area is 169 Å². The number of carbonyl (C=O) groups is 1. The fourth-order valence-corrected chi connectivity index (χ4v) is 2.95. The highest BCUT2D eigenvalue weighted by molar-refractivity contribution is 6.30. The highest BCUT2D eigenvalue weighted by Crippen LogP contribution is 2.19. The molecule has 3 aromatic rings. The van der Waals surface area contributed by atoms with Crippen LogP contribution >= 0.6 is 11.6 Å². The Morgan fingerprint density at radius 1 is 0.929 bits per heavy atom. The van der Waals surface area contributed by atoms with Gasteiger partial charge in [0.1, 0.15) is 5.84 Å². The molecule has 142 valence electrons. The molecule has 0 heterocycles. The van der Waals surface area contributed by atoms with Crippen molar-refractivity contribution in [3.05, 3.63) is 100 Å². The van der Waals surface area contributed by atoms with Gasteiger partial charge < -0.3 is 16.4 Å². The highest BCUT2D eigenvalue weighted by Gasteiger charge is 2.10. The van der Waals surface area contributed by atoms with E-state index >= 15 is 0 Å². The first-order valence-electron chi connectivity index (χ1n) is 8.82. The number of carbonyl (C=O) groups excluding carboxylic acids is 1. The van der Waals surface area contributed by atoms with Crippen LogP contribution in [0.15, 0.2) is 72.8 Å². The molecule has 28 heavy (non-hydrogen) atoms. The zero-order valence-electron chi connectivity index (χ0n) is 15.2. The maximum absolute atomic E-state index is 12.4. The van der Waals surface area contributed by atoms with E-state index in [1.54, 1.807) is 30.3 Å². The van der Waals surface area contributed by atoms with Gasteiger partial charge in [0.15, 0.2) is 0 Å². The third kappa shape index (κ3) is 5.11. The Hall–Kier alpha value is -3.31. The van der Waals surface area contributed by atoms with Crippen molar-refractivity contribution in [1.82, 2.24) is 5.32 Å². The summed E-state index contributed by atoms with van der Waals surface area (Å²) >= 11 is 5.96. The van der Waals surface area contributed by atoms with Crippen molar-refractivity contribution in [2.24, 2.45) is 5.73 Å². The lowest BCUT2D eigenvalue weighted by atomic mass is 10.1. The fourth-order valence-electron chi connectivity index (χ4n) is 2.76. The van der Waals surface area contributed by atoms with Gasteiger partial charge in [0, 0.05) is 34.9 Å². The summed E-state index contributed by atoms with van der Waals surface area (Å²) in [5.74, 6) is -0.204. The van der Waals surface area contributed by atoms with Crippen LogP contribution in [0.3, 0.4) is 0 Å². The molecule has 5 nitrogen and oxygen atoms in total. The Morgan fingerprint density at radius 2 is 1.71 bits per heavy atom. The van der Waals surface area contributed by atoms with E-state index in [0.29, 0.717) is 29.2 Å². The minimum absolute atomic E-state index is 0.00252. The van der Waals surface area contributed by atoms with E-state index < -0.39 is 0 Å². The molecule has 0 saturated heterocycles. The van der Waals surface area contributed by atoms with E-state index in [9.17, 15) is 4.79 Å². The van der Waals surface area contributed by atoms with Crippen LogP contribution in [0.5, 0.6) is 0 Å². The van der Waals surface area contributed by atoms with Gasteiger partial charge in [0.05, 0.1) is 0 Å². The first-order valence-corrected chi connectivity index (χ1v) is 9.19. The standard InChI is InChI=1S/C22H21ClN4O/c23-19-8-4-7-17(11-19)22(28)27-14-18-10-9-16(21(24)25)12-20(18)26-13-15-5-2-1-3-6-15/h1-12,26H,13-14H2,(H3,24,25)(H,27,28). The van der Waals surface area contributed by atoms with Crippen LogP contribution in [-0.4, -0.2) is 11.7 Å². The Morgan fingerprint density at radius 3 is 2.43 bits per heavy atom. The molecule has 0 fully saturated rings. The van der Waals surface area contributed by atoms with E-state index in [-0.39, 0.29) is 11.7 Å². The summed E-state index contributed by atoms with van der Waals surface area (Å²) in [5, 5.41) is 14.5. The minimum atomic E-state index is -0.202. The molecule has 6 heteroatoms. The fraction of sp³-hybridized carbons (Fsp3) is 0.0909. The number of rotatable bonds is 7. The van der Waals surface area contributed by atoms with Gasteiger partial charge in [0.2, 0.25) is 0 Å². The summed E-state index contributed by atoms with van der Waals surface area (Å²) in [5.41, 5.74) is 9.61. The molecule has 1 amide bonds.